The number of aryl methyl sites for hydroxylation is 2. The summed E-state index contributed by atoms with van der Waals surface area (Å²) in [6.45, 7) is 2.44. The lowest BCUT2D eigenvalue weighted by Gasteiger charge is -2.12. The minimum atomic E-state index is -0.936. The van der Waals surface area contributed by atoms with Gasteiger partial charge in [0, 0.05) is 6.42 Å². The molecule has 0 saturated carbocycles. The lowest BCUT2D eigenvalue weighted by molar-refractivity contribution is -0.136. The fourth-order valence-electron chi connectivity index (χ4n) is 2.78. The molecule has 0 atom stereocenters. The Hall–Kier alpha value is -2.95. The lowest BCUT2D eigenvalue weighted by Crippen LogP contribution is -2.26. The number of para-hydroxylation sites is 2. The molecule has 0 aliphatic heterocycles. The molecular formula is C19H18N2O3. The molecule has 0 fully saturated rings. The van der Waals surface area contributed by atoms with Crippen molar-refractivity contribution in [2.24, 2.45) is 0 Å². The van der Waals surface area contributed by atoms with Crippen LogP contribution in [-0.4, -0.2) is 20.6 Å². The Morgan fingerprint density at radius 1 is 1.17 bits per heavy atom. The maximum atomic E-state index is 12.8. The summed E-state index contributed by atoms with van der Waals surface area (Å²) in [5, 5.41) is 8.88. The van der Waals surface area contributed by atoms with Crippen molar-refractivity contribution in [1.82, 2.24) is 9.55 Å². The van der Waals surface area contributed by atoms with E-state index in [1.54, 1.807) is 4.57 Å². The van der Waals surface area contributed by atoms with E-state index in [1.807, 2.05) is 55.5 Å². The molecule has 0 unspecified atom stereocenters. The molecule has 0 amide bonds. The average molecular weight is 322 g/mol. The van der Waals surface area contributed by atoms with E-state index in [0.717, 1.165) is 16.6 Å². The number of fused-ring (bicyclic) bond motifs is 1. The van der Waals surface area contributed by atoms with Crippen molar-refractivity contribution in [3.05, 3.63) is 75.7 Å². The first-order chi connectivity index (χ1) is 11.5. The molecule has 0 spiro atoms. The van der Waals surface area contributed by atoms with Crippen LogP contribution in [0.15, 0.2) is 53.3 Å². The Morgan fingerprint density at radius 3 is 2.71 bits per heavy atom. The van der Waals surface area contributed by atoms with Gasteiger partial charge in [0.15, 0.2) is 0 Å². The van der Waals surface area contributed by atoms with Crippen LogP contribution in [0, 0.1) is 6.92 Å². The highest BCUT2D eigenvalue weighted by atomic mass is 16.4. The normalized spacial score (nSPS) is 10.9. The molecule has 24 heavy (non-hydrogen) atoms. The first kappa shape index (κ1) is 15.9. The largest absolute Gasteiger partial charge is 0.481 e. The zero-order valence-corrected chi connectivity index (χ0v) is 13.4. The molecule has 0 aliphatic carbocycles. The van der Waals surface area contributed by atoms with Crippen LogP contribution in [-0.2, 0) is 17.8 Å². The molecule has 1 heterocycles. The molecule has 5 nitrogen and oxygen atoms in total. The second-order valence-corrected chi connectivity index (χ2v) is 5.82. The van der Waals surface area contributed by atoms with Crippen LogP contribution in [0.4, 0.5) is 0 Å². The van der Waals surface area contributed by atoms with E-state index in [-0.39, 0.29) is 18.4 Å². The molecule has 3 rings (SSSR count). The van der Waals surface area contributed by atoms with E-state index in [0.29, 0.717) is 17.8 Å². The summed E-state index contributed by atoms with van der Waals surface area (Å²) in [6.07, 6.45) is 0.0256. The van der Waals surface area contributed by atoms with Crippen molar-refractivity contribution in [2.75, 3.05) is 0 Å². The molecule has 5 heteroatoms. The third kappa shape index (κ3) is 3.35. The van der Waals surface area contributed by atoms with Crippen LogP contribution < -0.4 is 5.56 Å². The SMILES string of the molecule is Cc1cccc(Cn2c(=O)c(CCC(=O)O)nc3ccccc32)c1. The van der Waals surface area contributed by atoms with Gasteiger partial charge in [-0.2, -0.15) is 0 Å². The number of carboxylic acid groups (broad SMARTS) is 1. The Balaban J connectivity index is 2.11. The Labute approximate surface area is 139 Å². The van der Waals surface area contributed by atoms with Crippen molar-refractivity contribution < 1.29 is 9.90 Å². The number of aromatic nitrogens is 2. The highest BCUT2D eigenvalue weighted by Gasteiger charge is 2.12. The van der Waals surface area contributed by atoms with Gasteiger partial charge in [0.1, 0.15) is 5.69 Å². The summed E-state index contributed by atoms with van der Waals surface area (Å²) in [7, 11) is 0. The van der Waals surface area contributed by atoms with Gasteiger partial charge in [-0.15, -0.1) is 0 Å². The van der Waals surface area contributed by atoms with Gasteiger partial charge in [-0.25, -0.2) is 4.98 Å². The first-order valence-electron chi connectivity index (χ1n) is 7.80. The van der Waals surface area contributed by atoms with Crippen LogP contribution in [0.25, 0.3) is 11.0 Å². The summed E-state index contributed by atoms with van der Waals surface area (Å²) >= 11 is 0. The number of carbonyl (C=O) groups is 1. The molecule has 3 aromatic rings. The van der Waals surface area contributed by atoms with E-state index < -0.39 is 5.97 Å². The van der Waals surface area contributed by atoms with Crippen LogP contribution in [0.5, 0.6) is 0 Å². The monoisotopic (exact) mass is 322 g/mol. The quantitative estimate of drug-likeness (QED) is 0.784. The lowest BCUT2D eigenvalue weighted by atomic mass is 10.1. The van der Waals surface area contributed by atoms with Crippen molar-refractivity contribution >= 4 is 17.0 Å². The molecule has 0 bridgehead atoms. The Bertz CT molecular complexity index is 960. The summed E-state index contributed by atoms with van der Waals surface area (Å²) in [5.41, 5.74) is 3.68. The summed E-state index contributed by atoms with van der Waals surface area (Å²) in [5.74, 6) is -0.936. The number of aliphatic carboxylic acids is 1. The van der Waals surface area contributed by atoms with Crippen LogP contribution >= 0.6 is 0 Å². The van der Waals surface area contributed by atoms with Crippen molar-refractivity contribution in [1.29, 1.82) is 0 Å². The van der Waals surface area contributed by atoms with Gasteiger partial charge in [-0.1, -0.05) is 42.0 Å². The molecule has 1 N–H and O–H groups in total. The molecule has 2 aromatic carbocycles. The van der Waals surface area contributed by atoms with E-state index in [1.165, 1.54) is 0 Å². The van der Waals surface area contributed by atoms with E-state index in [4.69, 9.17) is 5.11 Å². The number of hydrogen-bond acceptors (Lipinski definition) is 3. The second kappa shape index (κ2) is 6.66. The predicted molar refractivity (Wildman–Crippen MR) is 92.2 cm³/mol. The van der Waals surface area contributed by atoms with E-state index >= 15 is 0 Å². The highest BCUT2D eigenvalue weighted by molar-refractivity contribution is 5.75. The van der Waals surface area contributed by atoms with E-state index in [2.05, 4.69) is 4.98 Å². The Kier molecular flexibility index (Phi) is 4.42. The molecule has 122 valence electrons. The summed E-state index contributed by atoms with van der Waals surface area (Å²) in [4.78, 5) is 28.0. The zero-order chi connectivity index (χ0) is 17.1. The van der Waals surface area contributed by atoms with Gasteiger partial charge in [0.2, 0.25) is 0 Å². The summed E-state index contributed by atoms with van der Waals surface area (Å²) < 4.78 is 1.67. The minimum Gasteiger partial charge on any atom is -0.481 e. The number of rotatable bonds is 5. The van der Waals surface area contributed by atoms with Gasteiger partial charge in [0.25, 0.3) is 5.56 Å². The van der Waals surface area contributed by atoms with Gasteiger partial charge in [-0.05, 0) is 24.6 Å². The van der Waals surface area contributed by atoms with Crippen LogP contribution in [0.1, 0.15) is 23.2 Å². The van der Waals surface area contributed by atoms with Gasteiger partial charge in [-0.3, -0.25) is 9.59 Å². The minimum absolute atomic E-state index is 0.106. The fraction of sp³-hybridized carbons (Fsp3) is 0.211. The molecule has 1 aromatic heterocycles. The number of benzene rings is 2. The fourth-order valence-corrected chi connectivity index (χ4v) is 2.78. The first-order valence-corrected chi connectivity index (χ1v) is 7.80. The third-order valence-corrected chi connectivity index (χ3v) is 3.92. The van der Waals surface area contributed by atoms with Gasteiger partial charge < -0.3 is 9.67 Å². The number of nitrogens with zero attached hydrogens (tertiary/aromatic N) is 2. The van der Waals surface area contributed by atoms with Gasteiger partial charge >= 0.3 is 5.97 Å². The van der Waals surface area contributed by atoms with Crippen LogP contribution in [0.2, 0.25) is 0 Å². The van der Waals surface area contributed by atoms with Crippen molar-refractivity contribution in [2.45, 2.75) is 26.3 Å². The van der Waals surface area contributed by atoms with Gasteiger partial charge in [0.05, 0.1) is 24.0 Å². The maximum absolute atomic E-state index is 12.8. The highest BCUT2D eigenvalue weighted by Crippen LogP contribution is 2.13. The maximum Gasteiger partial charge on any atom is 0.303 e. The predicted octanol–water partition coefficient (Wildman–Crippen LogP) is 2.77. The Morgan fingerprint density at radius 2 is 1.96 bits per heavy atom. The molecule has 0 aliphatic rings. The molecule has 0 radical (unpaired) electrons. The van der Waals surface area contributed by atoms with Crippen LogP contribution in [0.3, 0.4) is 0 Å². The average Bonchev–Trinajstić information content (AvgIpc) is 2.56. The topological polar surface area (TPSA) is 72.2 Å². The zero-order valence-electron chi connectivity index (χ0n) is 13.4. The van der Waals surface area contributed by atoms with Crippen molar-refractivity contribution in [3.8, 4) is 0 Å². The molecular weight excluding hydrogens is 304 g/mol. The van der Waals surface area contributed by atoms with Crippen molar-refractivity contribution in [3.63, 3.8) is 0 Å². The second-order valence-electron chi connectivity index (χ2n) is 5.82. The van der Waals surface area contributed by atoms with E-state index in [9.17, 15) is 9.59 Å². The number of carboxylic acids is 1. The molecule has 0 saturated heterocycles. The number of hydrogen-bond donors (Lipinski definition) is 1. The smallest absolute Gasteiger partial charge is 0.303 e. The standard InChI is InChI=1S/C19H18N2O3/c1-13-5-4-6-14(11-13)12-21-17-8-3-2-7-15(17)20-16(19(21)24)9-10-18(22)23/h2-8,11H,9-10,12H2,1H3,(H,22,23). The summed E-state index contributed by atoms with van der Waals surface area (Å²) in [6, 6.07) is 15.4. The third-order valence-electron chi connectivity index (χ3n) is 3.92.